The van der Waals surface area contributed by atoms with Crippen LogP contribution in [0.2, 0.25) is 5.15 Å². The van der Waals surface area contributed by atoms with E-state index in [2.05, 4.69) is 4.98 Å². The van der Waals surface area contributed by atoms with E-state index in [0.29, 0.717) is 10.0 Å². The Kier molecular flexibility index (Phi) is 2.50. The number of fused-ring (bicyclic) bond motifs is 1. The first kappa shape index (κ1) is 9.58. The number of aromatic nitrogens is 1. The smallest absolute Gasteiger partial charge is 0.186 e. The van der Waals surface area contributed by atoms with Gasteiger partial charge in [-0.05, 0) is 29.7 Å². The molecule has 5 heteroatoms. The normalized spacial score (nSPS) is 13.0. The van der Waals surface area contributed by atoms with Crippen molar-refractivity contribution in [3.8, 4) is 0 Å². The Labute approximate surface area is 88.0 Å². The number of benzene rings is 1. The molecule has 0 spiro atoms. The minimum Gasteiger partial charge on any atom is -0.302 e. The number of rotatable bonds is 1. The molecule has 3 nitrogen and oxygen atoms in total. The minimum atomic E-state index is -1.96. The monoisotopic (exact) mass is 227 g/mol. The van der Waals surface area contributed by atoms with Gasteiger partial charge in [0, 0.05) is 11.6 Å². The average Bonchev–Trinajstić information content (AvgIpc) is 2.17. The van der Waals surface area contributed by atoms with E-state index in [4.69, 9.17) is 16.2 Å². The Balaban J connectivity index is 2.73. The van der Waals surface area contributed by atoms with Crippen LogP contribution < -0.4 is 0 Å². The van der Waals surface area contributed by atoms with Crippen molar-refractivity contribution in [1.82, 2.24) is 4.98 Å². The maximum Gasteiger partial charge on any atom is 0.186 e. The summed E-state index contributed by atoms with van der Waals surface area (Å²) >= 11 is 3.88. The lowest BCUT2D eigenvalue weighted by molar-refractivity contribution is 0.564. The zero-order valence-corrected chi connectivity index (χ0v) is 8.55. The summed E-state index contributed by atoms with van der Waals surface area (Å²) in [5.74, 6) is 0. The van der Waals surface area contributed by atoms with Gasteiger partial charge in [0.15, 0.2) is 11.1 Å². The van der Waals surface area contributed by atoms with Gasteiger partial charge in [0.05, 0.1) is 4.90 Å². The van der Waals surface area contributed by atoms with Crippen molar-refractivity contribution in [2.75, 3.05) is 0 Å². The number of hydrogen-bond acceptors (Lipinski definition) is 2. The lowest BCUT2D eigenvalue weighted by Gasteiger charge is -2.00. The Morgan fingerprint density at radius 3 is 2.86 bits per heavy atom. The van der Waals surface area contributed by atoms with Crippen LogP contribution >= 0.6 is 11.6 Å². The van der Waals surface area contributed by atoms with E-state index in [1.165, 1.54) is 0 Å². The molecule has 14 heavy (non-hydrogen) atoms. The van der Waals surface area contributed by atoms with Crippen LogP contribution in [0.5, 0.6) is 0 Å². The number of nitrogens with zero attached hydrogens (tertiary/aromatic N) is 1. The van der Waals surface area contributed by atoms with Gasteiger partial charge in [0.25, 0.3) is 0 Å². The van der Waals surface area contributed by atoms with Crippen molar-refractivity contribution in [2.45, 2.75) is 4.90 Å². The topological polar surface area (TPSA) is 50.2 Å². The molecule has 1 atom stereocenters. The molecule has 0 aliphatic heterocycles. The summed E-state index contributed by atoms with van der Waals surface area (Å²) in [7, 11) is 0. The lowest BCUT2D eigenvalue weighted by atomic mass is 10.2. The van der Waals surface area contributed by atoms with Gasteiger partial charge in [0.1, 0.15) is 5.15 Å². The summed E-state index contributed by atoms with van der Waals surface area (Å²) in [5.41, 5.74) is 0. The van der Waals surface area contributed by atoms with Crippen molar-refractivity contribution in [1.29, 1.82) is 0 Å². The first-order valence-corrected chi connectivity index (χ1v) is 5.32. The van der Waals surface area contributed by atoms with E-state index < -0.39 is 11.1 Å². The highest BCUT2D eigenvalue weighted by Gasteiger charge is 2.03. The van der Waals surface area contributed by atoms with Crippen molar-refractivity contribution in [3.05, 3.63) is 35.6 Å². The largest absolute Gasteiger partial charge is 0.302 e. The summed E-state index contributed by atoms with van der Waals surface area (Å²) in [4.78, 5) is 4.27. The molecule has 1 aromatic carbocycles. The Hall–Kier alpha value is -0.970. The molecule has 1 heterocycles. The van der Waals surface area contributed by atoms with Crippen LogP contribution in [0, 0.1) is 0 Å². The van der Waals surface area contributed by atoms with E-state index in [9.17, 15) is 4.21 Å². The third-order valence-electron chi connectivity index (χ3n) is 1.89. The highest BCUT2D eigenvalue weighted by Crippen LogP contribution is 2.22. The second-order valence-corrected chi connectivity index (χ2v) is 4.06. The van der Waals surface area contributed by atoms with E-state index in [1.807, 2.05) is 0 Å². The van der Waals surface area contributed by atoms with Gasteiger partial charge in [-0.15, -0.1) is 0 Å². The van der Waals surface area contributed by atoms with Gasteiger partial charge in [-0.25, -0.2) is 9.19 Å². The highest BCUT2D eigenvalue weighted by atomic mass is 35.5. The maximum atomic E-state index is 10.8. The fourth-order valence-electron chi connectivity index (χ4n) is 1.23. The second kappa shape index (κ2) is 3.65. The molecule has 0 fully saturated rings. The van der Waals surface area contributed by atoms with Crippen molar-refractivity contribution < 1.29 is 8.76 Å². The molecule has 1 aromatic heterocycles. The van der Waals surface area contributed by atoms with E-state index >= 15 is 0 Å². The third-order valence-corrected chi connectivity index (χ3v) is 2.85. The molecule has 0 amide bonds. The molecule has 1 N–H and O–H groups in total. The average molecular weight is 228 g/mol. The molecule has 0 aliphatic carbocycles. The van der Waals surface area contributed by atoms with Gasteiger partial charge < -0.3 is 4.55 Å². The molecule has 0 saturated carbocycles. The van der Waals surface area contributed by atoms with Crippen LogP contribution in [0.1, 0.15) is 0 Å². The van der Waals surface area contributed by atoms with Gasteiger partial charge in [0.2, 0.25) is 0 Å². The highest BCUT2D eigenvalue weighted by molar-refractivity contribution is 7.79. The molecule has 2 aromatic rings. The fourth-order valence-corrected chi connectivity index (χ4v) is 1.87. The predicted molar refractivity (Wildman–Crippen MR) is 55.8 cm³/mol. The Bertz CT molecular complexity index is 515. The Morgan fingerprint density at radius 1 is 1.36 bits per heavy atom. The van der Waals surface area contributed by atoms with Crippen molar-refractivity contribution >= 4 is 33.5 Å². The molecular formula is C9H6ClNO2S. The van der Waals surface area contributed by atoms with E-state index in [-0.39, 0.29) is 0 Å². The summed E-state index contributed by atoms with van der Waals surface area (Å²) in [6, 6.07) is 6.62. The summed E-state index contributed by atoms with van der Waals surface area (Å²) in [6.45, 7) is 0. The fraction of sp³-hybridized carbons (Fsp3) is 0. The quantitative estimate of drug-likeness (QED) is 0.602. The van der Waals surface area contributed by atoms with Gasteiger partial charge in [-0.1, -0.05) is 11.6 Å². The number of halogens is 1. The Morgan fingerprint density at radius 2 is 2.14 bits per heavy atom. The minimum absolute atomic E-state index is 0.361. The summed E-state index contributed by atoms with van der Waals surface area (Å²) in [5, 5.41) is 1.99. The van der Waals surface area contributed by atoms with Gasteiger partial charge in [-0.3, -0.25) is 0 Å². The maximum absolute atomic E-state index is 10.8. The van der Waals surface area contributed by atoms with Gasteiger partial charge in [-0.2, -0.15) is 0 Å². The zero-order valence-electron chi connectivity index (χ0n) is 6.98. The molecular weight excluding hydrogens is 222 g/mol. The number of pyridine rings is 1. The van der Waals surface area contributed by atoms with E-state index in [0.717, 1.165) is 10.8 Å². The molecule has 72 valence electrons. The van der Waals surface area contributed by atoms with Crippen LogP contribution in [0.15, 0.2) is 35.4 Å². The first-order valence-electron chi connectivity index (χ1n) is 3.83. The molecule has 0 saturated heterocycles. The molecule has 0 radical (unpaired) electrons. The SMILES string of the molecule is O=S(O)c1ccc2c(Cl)nccc2c1. The lowest BCUT2D eigenvalue weighted by Crippen LogP contribution is -1.88. The van der Waals surface area contributed by atoms with Crippen LogP contribution in [0.4, 0.5) is 0 Å². The van der Waals surface area contributed by atoms with Crippen molar-refractivity contribution in [2.24, 2.45) is 0 Å². The standard InChI is InChI=1S/C9H6ClNO2S/c10-9-8-2-1-7(14(12)13)5-6(8)3-4-11-9/h1-5H,(H,12,13). The third kappa shape index (κ3) is 1.64. The molecule has 0 bridgehead atoms. The first-order chi connectivity index (χ1) is 6.68. The number of hydrogen-bond donors (Lipinski definition) is 1. The summed E-state index contributed by atoms with van der Waals surface area (Å²) < 4.78 is 19.7. The predicted octanol–water partition coefficient (Wildman–Crippen LogP) is 2.47. The van der Waals surface area contributed by atoms with Crippen LogP contribution in [0.25, 0.3) is 10.8 Å². The van der Waals surface area contributed by atoms with Gasteiger partial charge >= 0.3 is 0 Å². The van der Waals surface area contributed by atoms with Crippen LogP contribution in [-0.4, -0.2) is 13.7 Å². The zero-order chi connectivity index (χ0) is 10.1. The molecule has 2 rings (SSSR count). The summed E-state index contributed by atoms with van der Waals surface area (Å²) in [6.07, 6.45) is 1.56. The molecule has 1 unspecified atom stereocenters. The van der Waals surface area contributed by atoms with Crippen LogP contribution in [-0.2, 0) is 11.1 Å². The van der Waals surface area contributed by atoms with Crippen molar-refractivity contribution in [3.63, 3.8) is 0 Å². The molecule has 0 aliphatic rings. The van der Waals surface area contributed by atoms with Crippen LogP contribution in [0.3, 0.4) is 0 Å². The second-order valence-electron chi connectivity index (χ2n) is 2.73. The van der Waals surface area contributed by atoms with E-state index in [1.54, 1.807) is 30.5 Å².